The number of hydrogen-bond acceptors (Lipinski definition) is 4. The summed E-state index contributed by atoms with van der Waals surface area (Å²) in [4.78, 5) is 24.2. The van der Waals surface area contributed by atoms with Gasteiger partial charge in [-0.15, -0.1) is 0 Å². The minimum absolute atomic E-state index is 0.0700. The smallest absolute Gasteiger partial charge is 0.251 e. The first-order chi connectivity index (χ1) is 12.0. The molecule has 0 bridgehead atoms. The average molecular weight is 398 g/mol. The van der Waals surface area contributed by atoms with E-state index < -0.39 is 21.5 Å². The van der Waals surface area contributed by atoms with Gasteiger partial charge >= 0.3 is 0 Å². The normalized spacial score (nSPS) is 11.6. The van der Waals surface area contributed by atoms with Crippen LogP contribution in [0.2, 0.25) is 5.02 Å². The van der Waals surface area contributed by atoms with Crippen LogP contribution in [0.4, 0.5) is 5.69 Å². The fourth-order valence-corrected chi connectivity index (χ4v) is 3.69. The molecule has 0 spiro atoms. The summed E-state index contributed by atoms with van der Waals surface area (Å²) < 4.78 is 26.5. The molecule has 1 aromatic heterocycles. The van der Waals surface area contributed by atoms with Crippen LogP contribution in [0.3, 0.4) is 0 Å². The Labute approximate surface area is 157 Å². The summed E-state index contributed by atoms with van der Waals surface area (Å²) in [5.74, 6) is -0.486. The van der Waals surface area contributed by atoms with Gasteiger partial charge in [0.05, 0.1) is 15.6 Å². The SMILES string of the molecule is Cc1cc(C)c(NC(=O)Cn2cc(S(=O)(=O)N(C)C)ccc2=O)c(Cl)c1. The fourth-order valence-electron chi connectivity index (χ4n) is 2.40. The van der Waals surface area contributed by atoms with Crippen molar-refractivity contribution in [3.8, 4) is 0 Å². The number of benzene rings is 1. The predicted octanol–water partition coefficient (Wildman–Crippen LogP) is 2.01. The molecule has 0 fully saturated rings. The number of aromatic nitrogens is 1. The molecule has 1 N–H and O–H groups in total. The van der Waals surface area contributed by atoms with Crippen LogP contribution in [0.5, 0.6) is 0 Å². The van der Waals surface area contributed by atoms with E-state index in [0.29, 0.717) is 10.7 Å². The number of halogens is 1. The highest BCUT2D eigenvalue weighted by Crippen LogP contribution is 2.27. The number of nitrogens with zero attached hydrogens (tertiary/aromatic N) is 2. The lowest BCUT2D eigenvalue weighted by Crippen LogP contribution is -2.29. The molecule has 0 saturated carbocycles. The van der Waals surface area contributed by atoms with Crippen LogP contribution in [-0.2, 0) is 21.4 Å². The number of carbonyl (C=O) groups excluding carboxylic acids is 1. The van der Waals surface area contributed by atoms with Crippen molar-refractivity contribution in [2.24, 2.45) is 0 Å². The van der Waals surface area contributed by atoms with E-state index in [2.05, 4.69) is 5.32 Å². The molecule has 2 aromatic rings. The van der Waals surface area contributed by atoms with E-state index in [1.807, 2.05) is 19.9 Å². The third kappa shape index (κ3) is 4.32. The summed E-state index contributed by atoms with van der Waals surface area (Å²) >= 11 is 6.16. The zero-order valence-corrected chi connectivity index (χ0v) is 16.5. The molecule has 0 saturated heterocycles. The second kappa shape index (κ2) is 7.61. The Bertz CT molecular complexity index is 990. The first kappa shape index (κ1) is 20.2. The number of sulfonamides is 1. The van der Waals surface area contributed by atoms with Gasteiger partial charge in [-0.25, -0.2) is 12.7 Å². The number of nitrogens with one attached hydrogen (secondary N) is 1. The van der Waals surface area contributed by atoms with Gasteiger partial charge in [0.2, 0.25) is 15.9 Å². The van der Waals surface area contributed by atoms with Crippen molar-refractivity contribution in [3.05, 3.63) is 57.0 Å². The van der Waals surface area contributed by atoms with Gasteiger partial charge in [0, 0.05) is 26.4 Å². The van der Waals surface area contributed by atoms with Gasteiger partial charge < -0.3 is 9.88 Å². The van der Waals surface area contributed by atoms with Crippen LogP contribution >= 0.6 is 11.6 Å². The standard InChI is InChI=1S/C17H20ClN3O4S/c1-11-7-12(2)17(14(18)8-11)19-15(22)10-21-9-13(5-6-16(21)23)26(24,25)20(3)4/h5-9H,10H2,1-4H3,(H,19,22). The molecule has 0 aliphatic heterocycles. The van der Waals surface area contributed by atoms with E-state index in [1.54, 1.807) is 6.07 Å². The van der Waals surface area contributed by atoms with Crippen molar-refractivity contribution in [1.29, 1.82) is 0 Å². The third-order valence-corrected chi connectivity index (χ3v) is 5.84. The summed E-state index contributed by atoms with van der Waals surface area (Å²) in [5, 5.41) is 3.07. The third-order valence-electron chi connectivity index (χ3n) is 3.75. The highest BCUT2D eigenvalue weighted by molar-refractivity contribution is 7.89. The van der Waals surface area contributed by atoms with Gasteiger partial charge in [-0.2, -0.15) is 0 Å². The Morgan fingerprint density at radius 1 is 1.23 bits per heavy atom. The number of carbonyl (C=O) groups is 1. The highest BCUT2D eigenvalue weighted by atomic mass is 35.5. The Hall–Kier alpha value is -2.16. The summed E-state index contributed by atoms with van der Waals surface area (Å²) in [6, 6.07) is 5.93. The van der Waals surface area contributed by atoms with Crippen molar-refractivity contribution < 1.29 is 13.2 Å². The minimum Gasteiger partial charge on any atom is -0.323 e. The lowest BCUT2D eigenvalue weighted by Gasteiger charge is -2.14. The quantitative estimate of drug-likeness (QED) is 0.835. The molecule has 1 amide bonds. The first-order valence-corrected chi connectivity index (χ1v) is 9.54. The van der Waals surface area contributed by atoms with E-state index in [0.717, 1.165) is 32.3 Å². The Morgan fingerprint density at radius 2 is 1.88 bits per heavy atom. The van der Waals surface area contributed by atoms with Gasteiger partial charge in [-0.05, 0) is 37.1 Å². The molecule has 0 atom stereocenters. The van der Waals surface area contributed by atoms with Crippen LogP contribution < -0.4 is 10.9 Å². The highest BCUT2D eigenvalue weighted by Gasteiger charge is 2.19. The Morgan fingerprint density at radius 3 is 2.46 bits per heavy atom. The topological polar surface area (TPSA) is 88.5 Å². The molecule has 7 nitrogen and oxygen atoms in total. The maximum atomic E-state index is 12.3. The van der Waals surface area contributed by atoms with E-state index >= 15 is 0 Å². The maximum absolute atomic E-state index is 12.3. The van der Waals surface area contributed by atoms with Gasteiger partial charge in [-0.1, -0.05) is 17.7 Å². The van der Waals surface area contributed by atoms with Gasteiger partial charge in [0.1, 0.15) is 6.54 Å². The molecule has 9 heteroatoms. The molecule has 140 valence electrons. The number of anilines is 1. The van der Waals surface area contributed by atoms with Crippen LogP contribution in [-0.4, -0.2) is 37.3 Å². The minimum atomic E-state index is -3.71. The van der Waals surface area contributed by atoms with Crippen molar-refractivity contribution in [1.82, 2.24) is 8.87 Å². The molecule has 0 unspecified atom stereocenters. The van der Waals surface area contributed by atoms with Crippen LogP contribution in [0.1, 0.15) is 11.1 Å². The molecule has 1 aromatic carbocycles. The van der Waals surface area contributed by atoms with E-state index in [4.69, 9.17) is 11.6 Å². The van der Waals surface area contributed by atoms with Crippen molar-refractivity contribution in [2.75, 3.05) is 19.4 Å². The summed E-state index contributed by atoms with van der Waals surface area (Å²) in [6.07, 6.45) is 1.15. The lowest BCUT2D eigenvalue weighted by molar-refractivity contribution is -0.116. The predicted molar refractivity (Wildman–Crippen MR) is 101 cm³/mol. The molecule has 2 rings (SSSR count). The number of pyridine rings is 1. The lowest BCUT2D eigenvalue weighted by atomic mass is 10.1. The van der Waals surface area contributed by atoms with Crippen molar-refractivity contribution in [3.63, 3.8) is 0 Å². The van der Waals surface area contributed by atoms with Gasteiger partial charge in [0.25, 0.3) is 5.56 Å². The molecule has 26 heavy (non-hydrogen) atoms. The maximum Gasteiger partial charge on any atom is 0.251 e. The molecular weight excluding hydrogens is 378 g/mol. The number of hydrogen-bond donors (Lipinski definition) is 1. The first-order valence-electron chi connectivity index (χ1n) is 7.72. The second-order valence-corrected chi connectivity index (χ2v) is 8.66. The molecule has 0 aliphatic carbocycles. The van der Waals surface area contributed by atoms with Gasteiger partial charge in [0.15, 0.2) is 0 Å². The monoisotopic (exact) mass is 397 g/mol. The summed E-state index contributed by atoms with van der Waals surface area (Å²) in [5.41, 5.74) is 1.74. The zero-order valence-electron chi connectivity index (χ0n) is 14.9. The molecule has 0 radical (unpaired) electrons. The molecular formula is C17H20ClN3O4S. The van der Waals surface area contributed by atoms with Crippen LogP contribution in [0.25, 0.3) is 0 Å². The fraction of sp³-hybridized carbons (Fsp3) is 0.294. The van der Waals surface area contributed by atoms with Crippen LogP contribution in [0.15, 0.2) is 40.2 Å². The average Bonchev–Trinajstić information content (AvgIpc) is 2.52. The number of aryl methyl sites for hydroxylation is 2. The molecule has 1 heterocycles. The van der Waals surface area contributed by atoms with E-state index in [-0.39, 0.29) is 11.4 Å². The Kier molecular flexibility index (Phi) is 5.90. The zero-order chi connectivity index (χ0) is 19.6. The number of rotatable bonds is 5. The second-order valence-electron chi connectivity index (χ2n) is 6.11. The number of amides is 1. The summed E-state index contributed by atoms with van der Waals surface area (Å²) in [6.45, 7) is 3.37. The van der Waals surface area contributed by atoms with E-state index in [1.165, 1.54) is 20.2 Å². The Balaban J connectivity index is 2.29. The van der Waals surface area contributed by atoms with Crippen molar-refractivity contribution >= 4 is 33.2 Å². The van der Waals surface area contributed by atoms with Crippen molar-refractivity contribution in [2.45, 2.75) is 25.3 Å². The van der Waals surface area contributed by atoms with Crippen LogP contribution in [0, 0.1) is 13.8 Å². The largest absolute Gasteiger partial charge is 0.323 e. The van der Waals surface area contributed by atoms with E-state index in [9.17, 15) is 18.0 Å². The van der Waals surface area contributed by atoms with Gasteiger partial charge in [-0.3, -0.25) is 9.59 Å². The summed E-state index contributed by atoms with van der Waals surface area (Å²) in [7, 11) is -0.931. The molecule has 0 aliphatic rings.